The first-order valence-corrected chi connectivity index (χ1v) is 9.27. The number of rotatable bonds is 5. The summed E-state index contributed by atoms with van der Waals surface area (Å²) in [6.07, 6.45) is 1.40. The molecule has 0 saturated heterocycles. The third-order valence-corrected chi connectivity index (χ3v) is 5.72. The zero-order valence-electron chi connectivity index (χ0n) is 14.2. The number of benzene rings is 1. The Kier molecular flexibility index (Phi) is 4.89. The number of ether oxygens (including phenoxy) is 1. The summed E-state index contributed by atoms with van der Waals surface area (Å²) in [5, 5.41) is 0. The molecule has 1 aromatic rings. The third-order valence-electron chi connectivity index (χ3n) is 3.78. The van der Waals surface area contributed by atoms with Crippen LogP contribution in [0.2, 0.25) is 0 Å². The lowest BCUT2D eigenvalue weighted by molar-refractivity contribution is 0.218. The van der Waals surface area contributed by atoms with Crippen LogP contribution >= 0.6 is 0 Å². The Morgan fingerprint density at radius 2 is 1.87 bits per heavy atom. The van der Waals surface area contributed by atoms with Crippen molar-refractivity contribution in [2.24, 2.45) is 0 Å². The normalized spacial score (nSPS) is 18.1. The highest BCUT2D eigenvalue weighted by atomic mass is 32.2. The number of amides is 2. The summed E-state index contributed by atoms with van der Waals surface area (Å²) in [5.74, 6) is 0.545. The molecule has 7 heteroatoms. The molecule has 0 N–H and O–H groups in total. The lowest BCUT2D eigenvalue weighted by Gasteiger charge is -2.37. The van der Waals surface area contributed by atoms with Gasteiger partial charge in [-0.3, -0.25) is 4.90 Å². The Labute approximate surface area is 138 Å². The fourth-order valence-corrected chi connectivity index (χ4v) is 4.56. The number of carbonyl (C=O) groups is 1. The highest BCUT2D eigenvalue weighted by molar-refractivity contribution is 7.90. The number of urea groups is 1. The van der Waals surface area contributed by atoms with E-state index in [9.17, 15) is 13.2 Å². The van der Waals surface area contributed by atoms with Gasteiger partial charge in [0, 0.05) is 19.2 Å². The van der Waals surface area contributed by atoms with Crippen LogP contribution in [0.15, 0.2) is 23.1 Å². The predicted molar refractivity (Wildman–Crippen MR) is 89.4 cm³/mol. The van der Waals surface area contributed by atoms with Crippen LogP contribution in [-0.4, -0.2) is 37.9 Å². The van der Waals surface area contributed by atoms with Gasteiger partial charge in [0.2, 0.25) is 0 Å². The van der Waals surface area contributed by atoms with Crippen molar-refractivity contribution in [2.45, 2.75) is 57.6 Å². The van der Waals surface area contributed by atoms with Gasteiger partial charge >= 0.3 is 6.03 Å². The molecule has 1 aliphatic heterocycles. The minimum Gasteiger partial charge on any atom is -0.491 e. The molecule has 0 radical (unpaired) electrons. The van der Waals surface area contributed by atoms with Crippen LogP contribution in [0, 0.1) is 0 Å². The number of nitrogens with zero attached hydrogens (tertiary/aromatic N) is 2. The number of anilines is 1. The third kappa shape index (κ3) is 3.15. The first kappa shape index (κ1) is 17.6. The SMILES string of the molecule is CCCC(C)N1C(=O)N(C)c2cc(OC(C)C)ccc2S1(=O)=O. The molecule has 1 heterocycles. The largest absolute Gasteiger partial charge is 0.491 e. The van der Waals surface area contributed by atoms with Crippen molar-refractivity contribution in [3.63, 3.8) is 0 Å². The predicted octanol–water partition coefficient (Wildman–Crippen LogP) is 3.22. The van der Waals surface area contributed by atoms with Gasteiger partial charge in [0.15, 0.2) is 0 Å². The summed E-state index contributed by atoms with van der Waals surface area (Å²) in [5.41, 5.74) is 0.355. The lowest BCUT2D eigenvalue weighted by Crippen LogP contribution is -2.52. The Balaban J connectivity index is 2.53. The molecule has 0 fully saturated rings. The molecule has 128 valence electrons. The summed E-state index contributed by atoms with van der Waals surface area (Å²) in [7, 11) is -2.26. The molecule has 23 heavy (non-hydrogen) atoms. The van der Waals surface area contributed by atoms with Gasteiger partial charge in [-0.25, -0.2) is 17.5 Å². The Bertz CT molecular complexity index is 700. The van der Waals surface area contributed by atoms with E-state index in [1.54, 1.807) is 26.1 Å². The fourth-order valence-electron chi connectivity index (χ4n) is 2.74. The number of hydrogen-bond acceptors (Lipinski definition) is 4. The first-order chi connectivity index (χ1) is 10.7. The van der Waals surface area contributed by atoms with Gasteiger partial charge in [-0.2, -0.15) is 0 Å². The molecule has 1 atom stereocenters. The highest BCUT2D eigenvalue weighted by Gasteiger charge is 2.42. The van der Waals surface area contributed by atoms with Crippen molar-refractivity contribution in [1.29, 1.82) is 0 Å². The van der Waals surface area contributed by atoms with E-state index in [1.807, 2.05) is 20.8 Å². The molecule has 1 unspecified atom stereocenters. The van der Waals surface area contributed by atoms with Crippen LogP contribution in [0.1, 0.15) is 40.5 Å². The van der Waals surface area contributed by atoms with Gasteiger partial charge in [-0.05, 0) is 39.3 Å². The zero-order chi connectivity index (χ0) is 17.4. The molecule has 0 saturated carbocycles. The van der Waals surface area contributed by atoms with Gasteiger partial charge in [0.05, 0.1) is 11.8 Å². The van der Waals surface area contributed by atoms with Gasteiger partial charge in [0.1, 0.15) is 10.6 Å². The molecule has 2 amide bonds. The quantitative estimate of drug-likeness (QED) is 0.825. The van der Waals surface area contributed by atoms with E-state index in [2.05, 4.69) is 0 Å². The van der Waals surface area contributed by atoms with Crippen molar-refractivity contribution >= 4 is 21.7 Å². The Morgan fingerprint density at radius 1 is 1.22 bits per heavy atom. The van der Waals surface area contributed by atoms with Gasteiger partial charge in [-0.15, -0.1) is 0 Å². The van der Waals surface area contributed by atoms with Crippen LogP contribution < -0.4 is 9.64 Å². The molecular formula is C16H24N2O4S. The number of carbonyl (C=O) groups excluding carboxylic acids is 1. The maximum atomic E-state index is 12.8. The van der Waals surface area contributed by atoms with E-state index in [-0.39, 0.29) is 17.0 Å². The Hall–Kier alpha value is -1.76. The second-order valence-electron chi connectivity index (χ2n) is 6.08. The lowest BCUT2D eigenvalue weighted by atomic mass is 10.2. The molecule has 0 aliphatic carbocycles. The van der Waals surface area contributed by atoms with E-state index in [4.69, 9.17) is 4.74 Å². The van der Waals surface area contributed by atoms with E-state index in [1.165, 1.54) is 11.0 Å². The van der Waals surface area contributed by atoms with Crippen molar-refractivity contribution in [3.05, 3.63) is 18.2 Å². The standard InChI is InChI=1S/C16H24N2O4S/c1-6-7-12(4)18-16(19)17(5)14-10-13(22-11(2)3)8-9-15(14)23(18,20)21/h8-12H,6-7H2,1-5H3. The smallest absolute Gasteiger partial charge is 0.338 e. The van der Waals surface area contributed by atoms with Crippen molar-refractivity contribution in [3.8, 4) is 5.75 Å². The fraction of sp³-hybridized carbons (Fsp3) is 0.562. The molecule has 1 aromatic carbocycles. The summed E-state index contributed by atoms with van der Waals surface area (Å²) in [4.78, 5) is 14.1. The van der Waals surface area contributed by atoms with Gasteiger partial charge in [-0.1, -0.05) is 13.3 Å². The van der Waals surface area contributed by atoms with Crippen molar-refractivity contribution in [2.75, 3.05) is 11.9 Å². The summed E-state index contributed by atoms with van der Waals surface area (Å²) in [6.45, 7) is 7.50. The average Bonchev–Trinajstić information content (AvgIpc) is 2.44. The monoisotopic (exact) mass is 340 g/mol. The van der Waals surface area contributed by atoms with Crippen LogP contribution in [0.3, 0.4) is 0 Å². The highest BCUT2D eigenvalue weighted by Crippen LogP contribution is 2.37. The van der Waals surface area contributed by atoms with Crippen LogP contribution in [0.25, 0.3) is 0 Å². The van der Waals surface area contributed by atoms with E-state index in [0.29, 0.717) is 17.9 Å². The average molecular weight is 340 g/mol. The molecule has 0 aromatic heterocycles. The van der Waals surface area contributed by atoms with Gasteiger partial charge < -0.3 is 4.74 Å². The second kappa shape index (κ2) is 6.39. The Morgan fingerprint density at radius 3 is 2.43 bits per heavy atom. The molecule has 0 spiro atoms. The topological polar surface area (TPSA) is 66.9 Å². The number of hydrogen-bond donors (Lipinski definition) is 0. The minimum atomic E-state index is -3.85. The molecule has 2 rings (SSSR count). The zero-order valence-corrected chi connectivity index (χ0v) is 15.1. The van der Waals surface area contributed by atoms with E-state index in [0.717, 1.165) is 10.7 Å². The molecule has 6 nitrogen and oxygen atoms in total. The summed E-state index contributed by atoms with van der Waals surface area (Å²) in [6, 6.07) is 3.84. The summed E-state index contributed by atoms with van der Waals surface area (Å²) < 4.78 is 32.3. The van der Waals surface area contributed by atoms with E-state index < -0.39 is 16.1 Å². The molecular weight excluding hydrogens is 316 g/mol. The van der Waals surface area contributed by atoms with Crippen molar-refractivity contribution in [1.82, 2.24) is 4.31 Å². The maximum Gasteiger partial charge on any atom is 0.338 e. The maximum absolute atomic E-state index is 12.8. The van der Waals surface area contributed by atoms with Crippen LogP contribution in [-0.2, 0) is 10.0 Å². The van der Waals surface area contributed by atoms with Crippen molar-refractivity contribution < 1.29 is 17.9 Å². The van der Waals surface area contributed by atoms with Gasteiger partial charge in [0.25, 0.3) is 10.0 Å². The number of sulfonamides is 1. The second-order valence-corrected chi connectivity index (χ2v) is 7.86. The molecule has 0 bridgehead atoms. The van der Waals surface area contributed by atoms with Crippen LogP contribution in [0.5, 0.6) is 5.75 Å². The summed E-state index contributed by atoms with van der Waals surface area (Å²) >= 11 is 0. The van der Waals surface area contributed by atoms with Crippen LogP contribution in [0.4, 0.5) is 10.5 Å². The number of fused-ring (bicyclic) bond motifs is 1. The molecule has 1 aliphatic rings. The first-order valence-electron chi connectivity index (χ1n) is 7.83. The van der Waals surface area contributed by atoms with E-state index >= 15 is 0 Å². The minimum absolute atomic E-state index is 0.0321.